The number of benzene rings is 2. The molecule has 0 spiro atoms. The van der Waals surface area contributed by atoms with Crippen LogP contribution in [0.4, 0.5) is 28.7 Å². The van der Waals surface area contributed by atoms with Crippen molar-refractivity contribution in [2.24, 2.45) is 0 Å². The van der Waals surface area contributed by atoms with Crippen LogP contribution in [0.2, 0.25) is 15.1 Å². The lowest BCUT2D eigenvalue weighted by molar-refractivity contribution is 0.647. The van der Waals surface area contributed by atoms with E-state index in [9.17, 15) is 0 Å². The smallest absolute Gasteiger partial charge is 0.159 e. The summed E-state index contributed by atoms with van der Waals surface area (Å²) in [6.45, 7) is 3.26. The van der Waals surface area contributed by atoms with E-state index in [1.165, 1.54) is 6.33 Å². The summed E-state index contributed by atoms with van der Waals surface area (Å²) in [5.74, 6) is 1.22. The van der Waals surface area contributed by atoms with E-state index in [-0.39, 0.29) is 0 Å². The first-order valence-corrected chi connectivity index (χ1v) is 10.2. The Kier molecular flexibility index (Phi) is 5.85. The zero-order valence-electron chi connectivity index (χ0n) is 15.4. The summed E-state index contributed by atoms with van der Waals surface area (Å²) in [6.07, 6.45) is 1.50. The van der Waals surface area contributed by atoms with Gasteiger partial charge in [0.25, 0.3) is 0 Å². The van der Waals surface area contributed by atoms with Crippen LogP contribution in [0.25, 0.3) is 0 Å². The Morgan fingerprint density at radius 3 is 2.31 bits per heavy atom. The summed E-state index contributed by atoms with van der Waals surface area (Å²) >= 11 is 18.3. The van der Waals surface area contributed by atoms with Crippen LogP contribution in [0.15, 0.2) is 48.8 Å². The van der Waals surface area contributed by atoms with Crippen LogP contribution in [0.1, 0.15) is 0 Å². The monoisotopic (exact) mass is 448 g/mol. The quantitative estimate of drug-likeness (QED) is 0.578. The maximum atomic E-state index is 6.38. The first kappa shape index (κ1) is 19.9. The number of halogens is 3. The maximum Gasteiger partial charge on any atom is 0.159 e. The van der Waals surface area contributed by atoms with Gasteiger partial charge >= 0.3 is 0 Å². The first-order valence-electron chi connectivity index (χ1n) is 9.09. The van der Waals surface area contributed by atoms with Crippen molar-refractivity contribution in [2.75, 3.05) is 47.0 Å². The van der Waals surface area contributed by atoms with Gasteiger partial charge in [-0.2, -0.15) is 0 Å². The normalized spacial score (nSPS) is 14.2. The molecule has 0 saturated carbocycles. The van der Waals surface area contributed by atoms with Gasteiger partial charge in [0.15, 0.2) is 11.6 Å². The number of nitrogens with zero attached hydrogens (tertiary/aromatic N) is 4. The van der Waals surface area contributed by atoms with Crippen molar-refractivity contribution in [3.63, 3.8) is 0 Å². The topological polar surface area (TPSA) is 70.3 Å². The second-order valence-electron chi connectivity index (χ2n) is 6.66. The molecule has 0 atom stereocenters. The molecule has 9 heteroatoms. The number of nitrogen functional groups attached to an aromatic ring is 1. The van der Waals surface area contributed by atoms with E-state index in [1.54, 1.807) is 18.2 Å². The van der Waals surface area contributed by atoms with Crippen LogP contribution in [-0.2, 0) is 0 Å². The first-order chi connectivity index (χ1) is 14.0. The van der Waals surface area contributed by atoms with Gasteiger partial charge in [0, 0.05) is 41.9 Å². The van der Waals surface area contributed by atoms with E-state index in [4.69, 9.17) is 40.5 Å². The highest BCUT2D eigenvalue weighted by atomic mass is 35.5. The molecule has 2 aromatic carbocycles. The largest absolute Gasteiger partial charge is 0.393 e. The third-order valence-electron chi connectivity index (χ3n) is 4.80. The van der Waals surface area contributed by atoms with Crippen molar-refractivity contribution in [3.05, 3.63) is 63.9 Å². The summed E-state index contributed by atoms with van der Waals surface area (Å²) in [6, 6.07) is 13.1. The van der Waals surface area contributed by atoms with Gasteiger partial charge in [-0.25, -0.2) is 9.97 Å². The van der Waals surface area contributed by atoms with Crippen LogP contribution in [0.5, 0.6) is 0 Å². The second-order valence-corrected chi connectivity index (χ2v) is 7.94. The van der Waals surface area contributed by atoms with E-state index in [2.05, 4.69) is 31.2 Å². The summed E-state index contributed by atoms with van der Waals surface area (Å²) in [5.41, 5.74) is 8.66. The summed E-state index contributed by atoms with van der Waals surface area (Å²) < 4.78 is 0. The van der Waals surface area contributed by atoms with Crippen LogP contribution >= 0.6 is 34.8 Å². The van der Waals surface area contributed by atoms with E-state index in [1.807, 2.05) is 18.2 Å². The van der Waals surface area contributed by atoms with E-state index in [0.717, 1.165) is 36.9 Å². The SMILES string of the molecule is Nc1c(Nc2ccc(Cl)cc2Cl)ncnc1N1CCN(c2cccc(Cl)c2)CC1. The fourth-order valence-electron chi connectivity index (χ4n) is 3.31. The minimum Gasteiger partial charge on any atom is -0.393 e. The average Bonchev–Trinajstić information content (AvgIpc) is 2.72. The highest BCUT2D eigenvalue weighted by molar-refractivity contribution is 6.36. The number of anilines is 5. The van der Waals surface area contributed by atoms with Crippen molar-refractivity contribution in [3.8, 4) is 0 Å². The van der Waals surface area contributed by atoms with E-state index in [0.29, 0.717) is 33.1 Å². The van der Waals surface area contributed by atoms with Crippen LogP contribution in [0.3, 0.4) is 0 Å². The number of hydrogen-bond donors (Lipinski definition) is 2. The van der Waals surface area contributed by atoms with Crippen molar-refractivity contribution in [2.45, 2.75) is 0 Å². The molecule has 1 aliphatic heterocycles. The average molecular weight is 450 g/mol. The molecular weight excluding hydrogens is 431 g/mol. The molecule has 4 rings (SSSR count). The molecule has 29 heavy (non-hydrogen) atoms. The molecule has 0 radical (unpaired) electrons. The Morgan fingerprint density at radius 1 is 0.862 bits per heavy atom. The number of rotatable bonds is 4. The van der Waals surface area contributed by atoms with Crippen molar-refractivity contribution >= 4 is 63.5 Å². The lowest BCUT2D eigenvalue weighted by Gasteiger charge is -2.37. The van der Waals surface area contributed by atoms with Gasteiger partial charge in [0.2, 0.25) is 0 Å². The minimum absolute atomic E-state index is 0.481. The fraction of sp³-hybridized carbons (Fsp3) is 0.200. The van der Waals surface area contributed by atoms with Gasteiger partial charge in [0.05, 0.1) is 10.7 Å². The zero-order chi connectivity index (χ0) is 20.4. The molecule has 1 saturated heterocycles. The zero-order valence-corrected chi connectivity index (χ0v) is 17.7. The Hall–Kier alpha value is -2.41. The summed E-state index contributed by atoms with van der Waals surface area (Å²) in [4.78, 5) is 13.1. The minimum atomic E-state index is 0.481. The molecule has 1 aliphatic rings. The van der Waals surface area contributed by atoms with Gasteiger partial charge in [-0.3, -0.25) is 0 Å². The summed E-state index contributed by atoms with van der Waals surface area (Å²) in [7, 11) is 0. The van der Waals surface area contributed by atoms with Gasteiger partial charge in [0.1, 0.15) is 12.0 Å². The van der Waals surface area contributed by atoms with Gasteiger partial charge < -0.3 is 20.9 Å². The van der Waals surface area contributed by atoms with E-state index < -0.39 is 0 Å². The number of aromatic nitrogens is 2. The molecule has 3 aromatic rings. The second kappa shape index (κ2) is 8.53. The predicted octanol–water partition coefficient (Wildman–Crippen LogP) is 5.09. The third kappa shape index (κ3) is 4.45. The molecule has 150 valence electrons. The molecule has 1 aromatic heterocycles. The van der Waals surface area contributed by atoms with Gasteiger partial charge in [-0.15, -0.1) is 0 Å². The molecule has 0 bridgehead atoms. The van der Waals surface area contributed by atoms with Crippen LogP contribution in [-0.4, -0.2) is 36.1 Å². The van der Waals surface area contributed by atoms with Crippen LogP contribution < -0.4 is 20.9 Å². The fourth-order valence-corrected chi connectivity index (χ4v) is 3.95. The maximum absolute atomic E-state index is 6.38. The lowest BCUT2D eigenvalue weighted by atomic mass is 10.2. The van der Waals surface area contributed by atoms with Crippen LogP contribution in [0, 0.1) is 0 Å². The highest BCUT2D eigenvalue weighted by Gasteiger charge is 2.22. The molecule has 6 nitrogen and oxygen atoms in total. The standard InChI is InChI=1S/C20H19Cl3N6/c21-13-2-1-3-15(10-13)28-6-8-29(9-7-28)20-18(24)19(25-12-26-20)27-17-5-4-14(22)11-16(17)23/h1-5,10-12H,6-9,24H2,(H,25,26,27). The Bertz CT molecular complexity index is 1020. The number of nitrogens with two attached hydrogens (primary N) is 1. The van der Waals surface area contributed by atoms with E-state index >= 15 is 0 Å². The number of piperazine rings is 1. The van der Waals surface area contributed by atoms with Crippen molar-refractivity contribution in [1.82, 2.24) is 9.97 Å². The number of hydrogen-bond acceptors (Lipinski definition) is 6. The van der Waals surface area contributed by atoms with Crippen molar-refractivity contribution < 1.29 is 0 Å². The molecule has 3 N–H and O–H groups in total. The molecular formula is C20H19Cl3N6. The highest BCUT2D eigenvalue weighted by Crippen LogP contribution is 2.33. The van der Waals surface area contributed by atoms with Gasteiger partial charge in [-0.05, 0) is 36.4 Å². The molecule has 2 heterocycles. The predicted molar refractivity (Wildman–Crippen MR) is 122 cm³/mol. The number of nitrogens with one attached hydrogen (secondary N) is 1. The Balaban J connectivity index is 1.49. The Labute approximate surface area is 184 Å². The lowest BCUT2D eigenvalue weighted by Crippen LogP contribution is -2.47. The molecule has 0 amide bonds. The molecule has 0 unspecified atom stereocenters. The molecule has 1 fully saturated rings. The van der Waals surface area contributed by atoms with Gasteiger partial charge in [-0.1, -0.05) is 40.9 Å². The Morgan fingerprint density at radius 2 is 1.59 bits per heavy atom. The summed E-state index contributed by atoms with van der Waals surface area (Å²) in [5, 5.41) is 4.96. The molecule has 0 aliphatic carbocycles. The van der Waals surface area contributed by atoms with Crippen molar-refractivity contribution in [1.29, 1.82) is 0 Å². The third-order valence-corrected chi connectivity index (χ3v) is 5.58.